The van der Waals surface area contributed by atoms with Crippen LogP contribution in [-0.2, 0) is 4.79 Å². The van der Waals surface area contributed by atoms with E-state index in [0.29, 0.717) is 24.2 Å². The van der Waals surface area contributed by atoms with Crippen LogP contribution in [-0.4, -0.2) is 38.1 Å². The van der Waals surface area contributed by atoms with Crippen LogP contribution in [0.3, 0.4) is 0 Å². The van der Waals surface area contributed by atoms with Crippen LogP contribution in [0.1, 0.15) is 17.3 Å². The van der Waals surface area contributed by atoms with Crippen molar-refractivity contribution < 1.29 is 27.8 Å². The van der Waals surface area contributed by atoms with Crippen molar-refractivity contribution in [3.8, 4) is 11.5 Å². The van der Waals surface area contributed by atoms with E-state index in [0.717, 1.165) is 12.1 Å². The molecule has 0 heterocycles. The van der Waals surface area contributed by atoms with E-state index in [1.165, 1.54) is 0 Å². The van der Waals surface area contributed by atoms with Crippen LogP contribution in [0.25, 0.3) is 0 Å². The van der Waals surface area contributed by atoms with E-state index in [1.54, 1.807) is 24.3 Å². The second-order valence-corrected chi connectivity index (χ2v) is 5.40. The maximum atomic E-state index is 13.5. The van der Waals surface area contributed by atoms with Crippen molar-refractivity contribution in [2.75, 3.05) is 26.3 Å². The van der Waals surface area contributed by atoms with Gasteiger partial charge in [-0.1, -0.05) is 12.1 Å². The SMILES string of the molecule is CCOc1ccccc1OCC(=O)NCCNC(=O)c1ccc(F)cc1F. The Labute approximate surface area is 155 Å². The fourth-order valence-electron chi connectivity index (χ4n) is 2.19. The summed E-state index contributed by atoms with van der Waals surface area (Å²) in [5, 5.41) is 5.00. The molecular weight excluding hydrogens is 358 g/mol. The summed E-state index contributed by atoms with van der Waals surface area (Å²) in [6, 6.07) is 9.68. The molecule has 8 heteroatoms. The van der Waals surface area contributed by atoms with Gasteiger partial charge >= 0.3 is 0 Å². The second kappa shape index (κ2) is 10.1. The Morgan fingerprint density at radius 1 is 0.963 bits per heavy atom. The highest BCUT2D eigenvalue weighted by molar-refractivity contribution is 5.94. The normalized spacial score (nSPS) is 10.2. The van der Waals surface area contributed by atoms with Crippen LogP contribution >= 0.6 is 0 Å². The fourth-order valence-corrected chi connectivity index (χ4v) is 2.19. The third kappa shape index (κ3) is 6.25. The van der Waals surface area contributed by atoms with Gasteiger partial charge in [0.05, 0.1) is 12.2 Å². The first kappa shape index (κ1) is 20.2. The Bertz CT molecular complexity index is 799. The highest BCUT2D eigenvalue weighted by atomic mass is 19.1. The number of para-hydroxylation sites is 2. The highest BCUT2D eigenvalue weighted by Gasteiger charge is 2.12. The van der Waals surface area contributed by atoms with Gasteiger partial charge in [0.1, 0.15) is 11.6 Å². The molecule has 2 N–H and O–H groups in total. The van der Waals surface area contributed by atoms with E-state index in [2.05, 4.69) is 10.6 Å². The first-order valence-electron chi connectivity index (χ1n) is 8.35. The molecule has 0 fully saturated rings. The first-order valence-corrected chi connectivity index (χ1v) is 8.35. The van der Waals surface area contributed by atoms with Crippen LogP contribution in [0, 0.1) is 11.6 Å². The largest absolute Gasteiger partial charge is 0.490 e. The molecule has 0 aromatic heterocycles. The van der Waals surface area contributed by atoms with E-state index >= 15 is 0 Å². The molecule has 0 aliphatic heterocycles. The van der Waals surface area contributed by atoms with Gasteiger partial charge in [0.15, 0.2) is 18.1 Å². The lowest BCUT2D eigenvalue weighted by Gasteiger charge is -2.12. The van der Waals surface area contributed by atoms with Crippen LogP contribution in [0.5, 0.6) is 11.5 Å². The maximum absolute atomic E-state index is 13.5. The number of nitrogens with one attached hydrogen (secondary N) is 2. The zero-order chi connectivity index (χ0) is 19.6. The van der Waals surface area contributed by atoms with Gasteiger partial charge in [0, 0.05) is 19.2 Å². The molecule has 0 atom stereocenters. The molecule has 0 aliphatic rings. The first-order chi connectivity index (χ1) is 13.0. The molecular formula is C19H20F2N2O4. The summed E-state index contributed by atoms with van der Waals surface area (Å²) in [5.41, 5.74) is -0.265. The van der Waals surface area contributed by atoms with Crippen LogP contribution in [0.2, 0.25) is 0 Å². The van der Waals surface area contributed by atoms with Crippen LogP contribution in [0.15, 0.2) is 42.5 Å². The molecule has 2 aromatic rings. The quantitative estimate of drug-likeness (QED) is 0.657. The molecule has 2 aromatic carbocycles. The third-order valence-electron chi connectivity index (χ3n) is 3.42. The van der Waals surface area contributed by atoms with E-state index in [4.69, 9.17) is 9.47 Å². The summed E-state index contributed by atoms with van der Waals surface area (Å²) in [4.78, 5) is 23.6. The lowest BCUT2D eigenvalue weighted by atomic mass is 10.2. The summed E-state index contributed by atoms with van der Waals surface area (Å²) in [6.07, 6.45) is 0. The smallest absolute Gasteiger partial charge is 0.258 e. The van der Waals surface area contributed by atoms with Gasteiger partial charge < -0.3 is 20.1 Å². The summed E-state index contributed by atoms with van der Waals surface area (Å²) in [7, 11) is 0. The van der Waals surface area contributed by atoms with E-state index < -0.39 is 17.5 Å². The van der Waals surface area contributed by atoms with Crippen molar-refractivity contribution in [3.05, 3.63) is 59.7 Å². The molecule has 0 radical (unpaired) electrons. The van der Waals surface area contributed by atoms with Gasteiger partial charge in [-0.3, -0.25) is 9.59 Å². The summed E-state index contributed by atoms with van der Waals surface area (Å²) in [5.74, 6) is -1.79. The maximum Gasteiger partial charge on any atom is 0.258 e. The molecule has 0 saturated heterocycles. The van der Waals surface area contributed by atoms with Gasteiger partial charge in [-0.15, -0.1) is 0 Å². The predicted octanol–water partition coefficient (Wildman–Crippen LogP) is 2.29. The molecule has 0 aliphatic carbocycles. The molecule has 2 rings (SSSR count). The zero-order valence-corrected chi connectivity index (χ0v) is 14.8. The Kier molecular flexibility index (Phi) is 7.54. The Morgan fingerprint density at radius 2 is 1.63 bits per heavy atom. The van der Waals surface area contributed by atoms with Crippen molar-refractivity contribution >= 4 is 11.8 Å². The topological polar surface area (TPSA) is 76.7 Å². The van der Waals surface area contributed by atoms with Gasteiger partial charge in [0.2, 0.25) is 0 Å². The number of halogens is 2. The number of rotatable bonds is 9. The van der Waals surface area contributed by atoms with E-state index in [-0.39, 0.29) is 31.2 Å². The van der Waals surface area contributed by atoms with E-state index in [1.807, 2.05) is 6.92 Å². The number of ether oxygens (including phenoxy) is 2. The molecule has 0 saturated carbocycles. The standard InChI is InChI=1S/C19H20F2N2O4/c1-2-26-16-5-3-4-6-17(16)27-12-18(24)22-9-10-23-19(25)14-8-7-13(20)11-15(14)21/h3-8,11H,2,9-10,12H2,1H3,(H,22,24)(H,23,25). The average Bonchev–Trinajstić information content (AvgIpc) is 2.64. The number of carbonyl (C=O) groups excluding carboxylic acids is 2. The second-order valence-electron chi connectivity index (χ2n) is 5.40. The lowest BCUT2D eigenvalue weighted by molar-refractivity contribution is -0.123. The highest BCUT2D eigenvalue weighted by Crippen LogP contribution is 2.26. The number of hydrogen-bond acceptors (Lipinski definition) is 4. The minimum Gasteiger partial charge on any atom is -0.490 e. The predicted molar refractivity (Wildman–Crippen MR) is 94.8 cm³/mol. The Hall–Kier alpha value is -3.16. The van der Waals surface area contributed by atoms with Gasteiger partial charge in [-0.05, 0) is 31.2 Å². The summed E-state index contributed by atoms with van der Waals surface area (Å²) < 4.78 is 37.1. The minimum atomic E-state index is -0.946. The summed E-state index contributed by atoms with van der Waals surface area (Å²) >= 11 is 0. The number of hydrogen-bond donors (Lipinski definition) is 2. The molecule has 144 valence electrons. The van der Waals surface area contributed by atoms with Crippen molar-refractivity contribution in [2.24, 2.45) is 0 Å². The molecule has 2 amide bonds. The van der Waals surface area contributed by atoms with Gasteiger partial charge in [-0.25, -0.2) is 8.78 Å². The Balaban J connectivity index is 1.71. The van der Waals surface area contributed by atoms with Crippen molar-refractivity contribution in [1.29, 1.82) is 0 Å². The zero-order valence-electron chi connectivity index (χ0n) is 14.8. The van der Waals surface area contributed by atoms with Crippen LogP contribution in [0.4, 0.5) is 8.78 Å². The minimum absolute atomic E-state index is 0.0803. The van der Waals surface area contributed by atoms with Crippen molar-refractivity contribution in [3.63, 3.8) is 0 Å². The third-order valence-corrected chi connectivity index (χ3v) is 3.42. The molecule has 0 bridgehead atoms. The van der Waals surface area contributed by atoms with Gasteiger partial charge in [-0.2, -0.15) is 0 Å². The molecule has 0 spiro atoms. The molecule has 6 nitrogen and oxygen atoms in total. The van der Waals surface area contributed by atoms with E-state index in [9.17, 15) is 18.4 Å². The van der Waals surface area contributed by atoms with Crippen LogP contribution < -0.4 is 20.1 Å². The van der Waals surface area contributed by atoms with Gasteiger partial charge in [0.25, 0.3) is 11.8 Å². The van der Waals surface area contributed by atoms with Crippen molar-refractivity contribution in [1.82, 2.24) is 10.6 Å². The monoisotopic (exact) mass is 378 g/mol. The number of amides is 2. The Morgan fingerprint density at radius 3 is 2.30 bits per heavy atom. The van der Waals surface area contributed by atoms with Crippen molar-refractivity contribution in [2.45, 2.75) is 6.92 Å². The molecule has 0 unspecified atom stereocenters. The number of carbonyl (C=O) groups is 2. The lowest BCUT2D eigenvalue weighted by Crippen LogP contribution is -2.37. The average molecular weight is 378 g/mol. The summed E-state index contributed by atoms with van der Waals surface area (Å²) in [6.45, 7) is 2.31. The number of benzene rings is 2. The fraction of sp³-hybridized carbons (Fsp3) is 0.263. The molecule has 27 heavy (non-hydrogen) atoms.